The van der Waals surface area contributed by atoms with Crippen LogP contribution in [0.4, 0.5) is 5.82 Å². The molecule has 0 atom stereocenters. The van der Waals surface area contributed by atoms with Gasteiger partial charge in [0.1, 0.15) is 11.6 Å². The molecule has 2 heterocycles. The zero-order valence-electron chi connectivity index (χ0n) is 16.3. The first kappa shape index (κ1) is 20.0. The fourth-order valence-corrected chi connectivity index (χ4v) is 3.78. The Kier molecular flexibility index (Phi) is 5.48. The summed E-state index contributed by atoms with van der Waals surface area (Å²) in [7, 11) is 1.31. The number of pyridine rings is 1. The summed E-state index contributed by atoms with van der Waals surface area (Å²) in [6.45, 7) is 1.88. The van der Waals surface area contributed by atoms with Gasteiger partial charge in [-0.3, -0.25) is 4.79 Å². The molecule has 148 valence electrons. The molecule has 0 radical (unpaired) electrons. The van der Waals surface area contributed by atoms with Crippen LogP contribution in [0.5, 0.6) is 0 Å². The summed E-state index contributed by atoms with van der Waals surface area (Å²) in [6.07, 6.45) is 2.31. The fraction of sp³-hybridized carbons (Fsp3) is 0.316. The molecule has 1 aromatic carbocycles. The molecule has 0 spiro atoms. The van der Waals surface area contributed by atoms with E-state index in [1.54, 1.807) is 24.4 Å². The van der Waals surface area contributed by atoms with Gasteiger partial charge in [0.25, 0.3) is 0 Å². The molecule has 8 nitrogen and oxygen atoms in total. The van der Waals surface area contributed by atoms with Crippen LogP contribution in [-0.2, 0) is 28.3 Å². The van der Waals surface area contributed by atoms with Crippen LogP contribution >= 0.6 is 0 Å². The maximum Gasteiger partial charge on any atom is 0.242 e. The Morgan fingerprint density at radius 2 is 2.00 bits per heavy atom. The molecule has 0 aliphatic rings. The van der Waals surface area contributed by atoms with E-state index in [4.69, 9.17) is 0 Å². The number of aryl methyl sites for hydroxylation is 3. The number of rotatable bonds is 6. The van der Waals surface area contributed by atoms with Crippen molar-refractivity contribution >= 4 is 32.8 Å². The molecule has 0 unspecified atom stereocenters. The molecule has 0 saturated heterocycles. The van der Waals surface area contributed by atoms with Gasteiger partial charge in [0.2, 0.25) is 15.9 Å². The molecule has 0 fully saturated rings. The highest BCUT2D eigenvalue weighted by atomic mass is 32.2. The van der Waals surface area contributed by atoms with Crippen LogP contribution < -0.4 is 5.32 Å². The highest BCUT2D eigenvalue weighted by Crippen LogP contribution is 2.22. The number of imidazole rings is 1. The molecule has 0 bridgehead atoms. The monoisotopic (exact) mass is 401 g/mol. The summed E-state index contributed by atoms with van der Waals surface area (Å²) in [4.78, 5) is 21.1. The maximum absolute atomic E-state index is 12.3. The number of benzene rings is 1. The SMILES string of the molecule is Cc1cccnc1NC(=O)CCc1nc2cc(S(=O)(=O)N(C)C)ccc2n1C. The Balaban J connectivity index is 1.77. The minimum Gasteiger partial charge on any atom is -0.331 e. The van der Waals surface area contributed by atoms with E-state index in [0.29, 0.717) is 23.6 Å². The molecule has 2 aromatic heterocycles. The number of hydrogen-bond donors (Lipinski definition) is 1. The van der Waals surface area contributed by atoms with Crippen molar-refractivity contribution in [3.63, 3.8) is 0 Å². The standard InChI is InChI=1S/C19H23N5O3S/c1-13-6-5-11-20-19(13)22-18(25)10-9-17-21-15-12-14(28(26,27)23(2)3)7-8-16(15)24(17)4/h5-8,11-12H,9-10H2,1-4H3,(H,20,22,25). The quantitative estimate of drug-likeness (QED) is 0.682. The van der Waals surface area contributed by atoms with Crippen LogP contribution in [0.1, 0.15) is 17.8 Å². The lowest BCUT2D eigenvalue weighted by Gasteiger charge is -2.10. The van der Waals surface area contributed by atoms with Crippen molar-refractivity contribution in [3.05, 3.63) is 47.9 Å². The third-order valence-electron chi connectivity index (χ3n) is 4.57. The third kappa shape index (κ3) is 3.90. The lowest BCUT2D eigenvalue weighted by Crippen LogP contribution is -2.22. The molecule has 1 N–H and O–H groups in total. The highest BCUT2D eigenvalue weighted by molar-refractivity contribution is 7.89. The molecule has 3 rings (SSSR count). The Morgan fingerprint density at radius 3 is 2.68 bits per heavy atom. The van der Waals surface area contributed by atoms with E-state index in [1.165, 1.54) is 18.4 Å². The molecule has 9 heteroatoms. The summed E-state index contributed by atoms with van der Waals surface area (Å²) < 4.78 is 27.7. The smallest absolute Gasteiger partial charge is 0.242 e. The number of nitrogens with one attached hydrogen (secondary N) is 1. The first-order valence-electron chi connectivity index (χ1n) is 8.79. The van der Waals surface area contributed by atoms with Crippen LogP contribution in [0.25, 0.3) is 11.0 Å². The largest absolute Gasteiger partial charge is 0.331 e. The molecule has 28 heavy (non-hydrogen) atoms. The number of fused-ring (bicyclic) bond motifs is 1. The topological polar surface area (TPSA) is 97.2 Å². The van der Waals surface area contributed by atoms with E-state index in [-0.39, 0.29) is 17.2 Å². The fourth-order valence-electron chi connectivity index (χ4n) is 2.86. The van der Waals surface area contributed by atoms with Gasteiger partial charge >= 0.3 is 0 Å². The lowest BCUT2D eigenvalue weighted by atomic mass is 10.2. The molecule has 0 aliphatic heterocycles. The van der Waals surface area contributed by atoms with Gasteiger partial charge in [0, 0.05) is 40.2 Å². The molecule has 3 aromatic rings. The number of amides is 1. The number of aromatic nitrogens is 3. The third-order valence-corrected chi connectivity index (χ3v) is 6.38. The Hall–Kier alpha value is -2.78. The minimum absolute atomic E-state index is 0.148. The van der Waals surface area contributed by atoms with Crippen molar-refractivity contribution in [3.8, 4) is 0 Å². The first-order chi connectivity index (χ1) is 13.2. The first-order valence-corrected chi connectivity index (χ1v) is 10.2. The average molecular weight is 401 g/mol. The van der Waals surface area contributed by atoms with Gasteiger partial charge in [-0.1, -0.05) is 6.07 Å². The number of carbonyl (C=O) groups excluding carboxylic acids is 1. The maximum atomic E-state index is 12.3. The van der Waals surface area contributed by atoms with Crippen LogP contribution in [-0.4, -0.2) is 47.3 Å². The van der Waals surface area contributed by atoms with Crippen LogP contribution in [0.3, 0.4) is 0 Å². The van der Waals surface area contributed by atoms with Gasteiger partial charge in [-0.15, -0.1) is 0 Å². The van der Waals surface area contributed by atoms with E-state index >= 15 is 0 Å². The number of sulfonamides is 1. The van der Waals surface area contributed by atoms with Crippen molar-refractivity contribution in [2.24, 2.45) is 7.05 Å². The van der Waals surface area contributed by atoms with E-state index in [9.17, 15) is 13.2 Å². The number of carbonyl (C=O) groups is 1. The summed E-state index contributed by atoms with van der Waals surface area (Å²) in [5.41, 5.74) is 2.29. The Morgan fingerprint density at radius 1 is 1.25 bits per heavy atom. The van der Waals surface area contributed by atoms with Crippen molar-refractivity contribution in [1.82, 2.24) is 18.8 Å². The van der Waals surface area contributed by atoms with Crippen molar-refractivity contribution < 1.29 is 13.2 Å². The van der Waals surface area contributed by atoms with Gasteiger partial charge in [-0.25, -0.2) is 22.7 Å². The predicted molar refractivity (Wildman–Crippen MR) is 108 cm³/mol. The van der Waals surface area contributed by atoms with E-state index < -0.39 is 10.0 Å². The number of anilines is 1. The van der Waals surface area contributed by atoms with Crippen molar-refractivity contribution in [1.29, 1.82) is 0 Å². The Bertz CT molecular complexity index is 1140. The molecular weight excluding hydrogens is 378 g/mol. The zero-order chi connectivity index (χ0) is 20.5. The van der Waals surface area contributed by atoms with E-state index in [0.717, 1.165) is 11.1 Å². The van der Waals surface area contributed by atoms with Crippen molar-refractivity contribution in [2.45, 2.75) is 24.7 Å². The summed E-state index contributed by atoms with van der Waals surface area (Å²) in [5.74, 6) is 1.11. The van der Waals surface area contributed by atoms with Crippen LogP contribution in [0.2, 0.25) is 0 Å². The van der Waals surface area contributed by atoms with Crippen molar-refractivity contribution in [2.75, 3.05) is 19.4 Å². The second-order valence-electron chi connectivity index (χ2n) is 6.74. The highest BCUT2D eigenvalue weighted by Gasteiger charge is 2.19. The van der Waals surface area contributed by atoms with Gasteiger partial charge < -0.3 is 9.88 Å². The zero-order valence-corrected chi connectivity index (χ0v) is 17.1. The average Bonchev–Trinajstić information content (AvgIpc) is 2.97. The second kappa shape index (κ2) is 7.69. The molecule has 0 aliphatic carbocycles. The van der Waals surface area contributed by atoms with Gasteiger partial charge in [-0.05, 0) is 36.8 Å². The summed E-state index contributed by atoms with van der Waals surface area (Å²) in [6, 6.07) is 8.56. The van der Waals surface area contributed by atoms with E-state index in [2.05, 4.69) is 15.3 Å². The number of hydrogen-bond acceptors (Lipinski definition) is 5. The van der Waals surface area contributed by atoms with Gasteiger partial charge in [0.15, 0.2) is 0 Å². The van der Waals surface area contributed by atoms with Crippen LogP contribution in [0, 0.1) is 6.92 Å². The number of nitrogens with zero attached hydrogens (tertiary/aromatic N) is 4. The lowest BCUT2D eigenvalue weighted by molar-refractivity contribution is -0.116. The summed E-state index contributed by atoms with van der Waals surface area (Å²) >= 11 is 0. The van der Waals surface area contributed by atoms with Crippen LogP contribution in [0.15, 0.2) is 41.4 Å². The van der Waals surface area contributed by atoms with E-state index in [1.807, 2.05) is 30.7 Å². The second-order valence-corrected chi connectivity index (χ2v) is 8.89. The molecule has 0 saturated carbocycles. The molecule has 1 amide bonds. The minimum atomic E-state index is -3.52. The predicted octanol–water partition coefficient (Wildman–Crippen LogP) is 2.10. The summed E-state index contributed by atoms with van der Waals surface area (Å²) in [5, 5.41) is 2.80. The van der Waals surface area contributed by atoms with Gasteiger partial charge in [0.05, 0.1) is 15.9 Å². The molecular formula is C19H23N5O3S. The normalized spacial score (nSPS) is 11.9. The Labute approximate surface area is 164 Å². The van der Waals surface area contributed by atoms with Gasteiger partial charge in [-0.2, -0.15) is 0 Å².